The molecule has 0 amide bonds. The van der Waals surface area contributed by atoms with Gasteiger partial charge in [-0.2, -0.15) is 4.31 Å². The van der Waals surface area contributed by atoms with Gasteiger partial charge in [0, 0.05) is 11.0 Å². The van der Waals surface area contributed by atoms with Crippen LogP contribution >= 0.6 is 15.9 Å². The van der Waals surface area contributed by atoms with Crippen LogP contribution in [0.5, 0.6) is 0 Å². The van der Waals surface area contributed by atoms with Gasteiger partial charge in [0.05, 0.1) is 17.0 Å². The molecule has 136 valence electrons. The molecule has 0 radical (unpaired) electrons. The summed E-state index contributed by atoms with van der Waals surface area (Å²) in [5.41, 5.74) is -0.0975. The number of rotatable bonds is 5. The van der Waals surface area contributed by atoms with Gasteiger partial charge in [0.25, 0.3) is 0 Å². The second kappa shape index (κ2) is 7.58. The van der Waals surface area contributed by atoms with Gasteiger partial charge in [-0.3, -0.25) is 0 Å². The van der Waals surface area contributed by atoms with Crippen LogP contribution < -0.4 is 0 Å². The Labute approximate surface area is 156 Å². The van der Waals surface area contributed by atoms with E-state index in [-0.39, 0.29) is 17.6 Å². The lowest BCUT2D eigenvalue weighted by Gasteiger charge is -2.40. The summed E-state index contributed by atoms with van der Waals surface area (Å²) in [6.07, 6.45) is 1.67. The maximum absolute atomic E-state index is 13.1. The molecular formula is C17H28BrNO3SSi. The fraction of sp³-hybridized carbons (Fsp3) is 0.647. The predicted octanol–water partition coefficient (Wildman–Crippen LogP) is 4.02. The summed E-state index contributed by atoms with van der Waals surface area (Å²) in [5.74, 6) is 0. The Bertz CT molecular complexity index is 655. The molecule has 0 aliphatic carbocycles. The van der Waals surface area contributed by atoms with Crippen LogP contribution in [0.3, 0.4) is 0 Å². The highest BCUT2D eigenvalue weighted by Crippen LogP contribution is 2.36. The van der Waals surface area contributed by atoms with E-state index in [0.29, 0.717) is 11.4 Å². The first-order valence-electron chi connectivity index (χ1n) is 8.46. The van der Waals surface area contributed by atoms with Crippen molar-refractivity contribution < 1.29 is 12.8 Å². The van der Waals surface area contributed by atoms with E-state index < -0.39 is 19.1 Å². The third-order valence-corrected chi connectivity index (χ3v) is 7.60. The second-order valence-corrected chi connectivity index (χ2v) is 12.9. The molecule has 24 heavy (non-hydrogen) atoms. The SMILES string of the molecule is C[SiH](C)OC(C1CCCN1S(=O)(=O)c1ccc(Br)cc1)C(C)(C)C. The van der Waals surface area contributed by atoms with Crippen molar-refractivity contribution in [2.75, 3.05) is 6.54 Å². The van der Waals surface area contributed by atoms with Gasteiger partial charge in [-0.1, -0.05) is 36.7 Å². The minimum atomic E-state index is -3.50. The summed E-state index contributed by atoms with van der Waals surface area (Å²) in [6, 6.07) is 6.79. The standard InChI is InChI=1S/C17H28BrNO3SSi/c1-17(2,3)16(22-24(4)5)15-7-6-12-19(15)23(20,21)14-10-8-13(18)9-11-14/h8-11,15-16,24H,6-7,12H2,1-5H3. The van der Waals surface area contributed by atoms with Gasteiger partial charge in [0.15, 0.2) is 9.04 Å². The Balaban J connectivity index is 2.36. The molecule has 0 N–H and O–H groups in total. The number of sulfonamides is 1. The van der Waals surface area contributed by atoms with E-state index in [4.69, 9.17) is 4.43 Å². The lowest BCUT2D eigenvalue weighted by molar-refractivity contribution is 0.0359. The van der Waals surface area contributed by atoms with Gasteiger partial charge < -0.3 is 4.43 Å². The van der Waals surface area contributed by atoms with E-state index in [9.17, 15) is 8.42 Å². The van der Waals surface area contributed by atoms with Gasteiger partial charge in [-0.05, 0) is 55.6 Å². The van der Waals surface area contributed by atoms with E-state index in [2.05, 4.69) is 49.8 Å². The molecule has 0 spiro atoms. The highest BCUT2D eigenvalue weighted by atomic mass is 79.9. The third kappa shape index (κ3) is 4.49. The monoisotopic (exact) mass is 433 g/mol. The Hall–Kier alpha value is -0.213. The highest BCUT2D eigenvalue weighted by molar-refractivity contribution is 9.10. The lowest BCUT2D eigenvalue weighted by atomic mass is 9.84. The number of nitrogens with zero attached hydrogens (tertiary/aromatic N) is 1. The van der Waals surface area contributed by atoms with Crippen molar-refractivity contribution >= 4 is 35.0 Å². The van der Waals surface area contributed by atoms with E-state index >= 15 is 0 Å². The van der Waals surface area contributed by atoms with Gasteiger partial charge in [-0.15, -0.1) is 0 Å². The first-order chi connectivity index (χ1) is 11.0. The normalized spacial score (nSPS) is 21.4. The zero-order valence-corrected chi connectivity index (χ0v) is 18.7. The van der Waals surface area contributed by atoms with Crippen LogP contribution in [-0.4, -0.2) is 40.5 Å². The van der Waals surface area contributed by atoms with Crippen molar-refractivity contribution in [2.45, 2.75) is 63.7 Å². The molecular weight excluding hydrogens is 406 g/mol. The van der Waals surface area contributed by atoms with Crippen LogP contribution in [0, 0.1) is 5.41 Å². The molecule has 0 bridgehead atoms. The van der Waals surface area contributed by atoms with Crippen LogP contribution in [0.1, 0.15) is 33.6 Å². The largest absolute Gasteiger partial charge is 0.416 e. The van der Waals surface area contributed by atoms with E-state index in [1.807, 2.05) is 0 Å². The first-order valence-corrected chi connectivity index (χ1v) is 13.5. The number of hydrogen-bond acceptors (Lipinski definition) is 3. The zero-order valence-electron chi connectivity index (χ0n) is 15.1. The molecule has 0 aromatic heterocycles. The molecule has 7 heteroatoms. The number of halogens is 1. The topological polar surface area (TPSA) is 46.6 Å². The molecule has 1 aromatic rings. The van der Waals surface area contributed by atoms with Crippen LogP contribution in [0.25, 0.3) is 0 Å². The summed E-state index contributed by atoms with van der Waals surface area (Å²) in [6.45, 7) is 11.3. The fourth-order valence-corrected chi connectivity index (χ4v) is 6.41. The average Bonchev–Trinajstić information content (AvgIpc) is 2.93. The maximum atomic E-state index is 13.1. The van der Waals surface area contributed by atoms with Crippen LogP contribution in [0.15, 0.2) is 33.6 Å². The van der Waals surface area contributed by atoms with Crippen LogP contribution in [-0.2, 0) is 14.4 Å². The summed E-state index contributed by atoms with van der Waals surface area (Å²) in [4.78, 5) is 0.354. The molecule has 2 atom stereocenters. The predicted molar refractivity (Wildman–Crippen MR) is 104 cm³/mol. The van der Waals surface area contributed by atoms with E-state index in [0.717, 1.165) is 17.3 Å². The summed E-state index contributed by atoms with van der Waals surface area (Å²) in [7, 11) is -4.77. The lowest BCUT2D eigenvalue weighted by Crippen LogP contribution is -2.50. The minimum absolute atomic E-state index is 0.0723. The minimum Gasteiger partial charge on any atom is -0.416 e. The number of hydrogen-bond donors (Lipinski definition) is 0. The molecule has 0 saturated carbocycles. The van der Waals surface area contributed by atoms with E-state index in [1.165, 1.54) is 0 Å². The quantitative estimate of drug-likeness (QED) is 0.658. The average molecular weight is 434 g/mol. The summed E-state index contributed by atoms with van der Waals surface area (Å²) in [5, 5.41) is 0. The van der Waals surface area contributed by atoms with Crippen molar-refractivity contribution in [3.63, 3.8) is 0 Å². The molecule has 1 aliphatic heterocycles. The van der Waals surface area contributed by atoms with Crippen molar-refractivity contribution in [2.24, 2.45) is 5.41 Å². The smallest absolute Gasteiger partial charge is 0.243 e. The molecule has 1 aliphatic rings. The van der Waals surface area contributed by atoms with Gasteiger partial charge >= 0.3 is 0 Å². The Morgan fingerprint density at radius 2 is 1.83 bits per heavy atom. The molecule has 1 aromatic carbocycles. The van der Waals surface area contributed by atoms with Crippen molar-refractivity contribution in [3.05, 3.63) is 28.7 Å². The summed E-state index contributed by atoms with van der Waals surface area (Å²) < 4.78 is 35.1. The Morgan fingerprint density at radius 1 is 1.25 bits per heavy atom. The Kier molecular flexibility index (Phi) is 6.35. The highest BCUT2D eigenvalue weighted by Gasteiger charge is 2.44. The van der Waals surface area contributed by atoms with Crippen molar-refractivity contribution in [3.8, 4) is 0 Å². The van der Waals surface area contributed by atoms with E-state index in [1.54, 1.807) is 28.6 Å². The van der Waals surface area contributed by atoms with Crippen LogP contribution in [0.4, 0.5) is 0 Å². The molecule has 1 heterocycles. The van der Waals surface area contributed by atoms with Crippen molar-refractivity contribution in [1.29, 1.82) is 0 Å². The molecule has 1 fully saturated rings. The molecule has 4 nitrogen and oxygen atoms in total. The molecule has 1 saturated heterocycles. The van der Waals surface area contributed by atoms with Gasteiger partial charge in [-0.25, -0.2) is 8.42 Å². The fourth-order valence-electron chi connectivity index (χ4n) is 3.27. The molecule has 2 rings (SSSR count). The van der Waals surface area contributed by atoms with Gasteiger partial charge in [0.2, 0.25) is 10.0 Å². The zero-order chi connectivity index (χ0) is 18.1. The maximum Gasteiger partial charge on any atom is 0.243 e. The number of benzene rings is 1. The van der Waals surface area contributed by atoms with Gasteiger partial charge in [0.1, 0.15) is 0 Å². The molecule has 2 unspecified atom stereocenters. The second-order valence-electron chi connectivity index (χ2n) is 7.75. The summed E-state index contributed by atoms with van der Waals surface area (Å²) >= 11 is 3.36. The van der Waals surface area contributed by atoms with Crippen molar-refractivity contribution in [1.82, 2.24) is 4.31 Å². The first kappa shape index (κ1) is 20.1. The van der Waals surface area contributed by atoms with Crippen LogP contribution in [0.2, 0.25) is 13.1 Å². The Morgan fingerprint density at radius 3 is 2.33 bits per heavy atom. The third-order valence-electron chi connectivity index (χ3n) is 4.29.